The van der Waals surface area contributed by atoms with Gasteiger partial charge in [-0.05, 0) is 49.0 Å². The van der Waals surface area contributed by atoms with Gasteiger partial charge in [0.1, 0.15) is 0 Å². The first-order chi connectivity index (χ1) is 9.49. The van der Waals surface area contributed by atoms with Crippen LogP contribution in [-0.4, -0.2) is 29.7 Å². The number of hydrogen-bond acceptors (Lipinski definition) is 2. The molecule has 3 fully saturated rings. The predicted octanol–water partition coefficient (Wildman–Crippen LogP) is 3.87. The molecule has 0 aromatic carbocycles. The van der Waals surface area contributed by atoms with Crippen molar-refractivity contribution in [2.75, 3.05) is 6.54 Å². The first-order valence-electron chi connectivity index (χ1n) is 9.00. The van der Waals surface area contributed by atoms with Gasteiger partial charge in [-0.3, -0.25) is 10.2 Å². The second-order valence-corrected chi connectivity index (χ2v) is 8.44. The molecule has 2 heterocycles. The van der Waals surface area contributed by atoms with E-state index in [1.54, 1.807) is 0 Å². The van der Waals surface area contributed by atoms with Crippen LogP contribution in [0.5, 0.6) is 0 Å². The lowest BCUT2D eigenvalue weighted by molar-refractivity contribution is 0.0934. The smallest absolute Gasteiger partial charge is 0.0637 e. The quantitative estimate of drug-likeness (QED) is 0.825. The minimum Gasteiger partial charge on any atom is -0.298 e. The molecular weight excluding hydrogens is 244 g/mol. The highest BCUT2D eigenvalue weighted by molar-refractivity contribution is 5.10. The molecule has 2 heteroatoms. The third-order valence-corrected chi connectivity index (χ3v) is 6.46. The number of likely N-dealkylation sites (tertiary alicyclic amines) is 1. The highest BCUT2D eigenvalue weighted by Crippen LogP contribution is 2.54. The fourth-order valence-corrected chi connectivity index (χ4v) is 5.91. The molecule has 1 aliphatic carbocycles. The zero-order valence-electron chi connectivity index (χ0n) is 14.2. The molecule has 6 unspecified atom stereocenters. The second kappa shape index (κ2) is 5.28. The zero-order chi connectivity index (χ0) is 14.5. The molecule has 1 N–H and O–H groups in total. The number of rotatable bonds is 2. The van der Waals surface area contributed by atoms with Gasteiger partial charge >= 0.3 is 0 Å². The van der Waals surface area contributed by atoms with Crippen LogP contribution in [0.4, 0.5) is 0 Å². The minimum absolute atomic E-state index is 0.432. The van der Waals surface area contributed by atoms with E-state index in [0.717, 1.165) is 29.8 Å². The SMILES string of the molecule is CCC1C(C(C)(C)C)C2C3CCCCC3NC2N1CC. The third-order valence-electron chi connectivity index (χ3n) is 6.46. The molecule has 116 valence electrons. The van der Waals surface area contributed by atoms with Gasteiger partial charge in [-0.1, -0.05) is 47.5 Å². The fraction of sp³-hybridized carbons (Fsp3) is 1.00. The van der Waals surface area contributed by atoms with Gasteiger partial charge in [0.15, 0.2) is 0 Å². The van der Waals surface area contributed by atoms with Gasteiger partial charge in [-0.25, -0.2) is 0 Å². The van der Waals surface area contributed by atoms with Crippen LogP contribution in [0.25, 0.3) is 0 Å². The molecule has 0 radical (unpaired) electrons. The molecule has 0 aromatic rings. The maximum atomic E-state index is 4.05. The average Bonchev–Trinajstić information content (AvgIpc) is 2.90. The fourth-order valence-electron chi connectivity index (χ4n) is 5.91. The Morgan fingerprint density at radius 1 is 1.10 bits per heavy atom. The number of hydrogen-bond donors (Lipinski definition) is 1. The van der Waals surface area contributed by atoms with Gasteiger partial charge in [0.25, 0.3) is 0 Å². The molecule has 3 rings (SSSR count). The van der Waals surface area contributed by atoms with Crippen LogP contribution in [0.1, 0.15) is 66.7 Å². The van der Waals surface area contributed by atoms with Gasteiger partial charge < -0.3 is 0 Å². The molecule has 1 saturated carbocycles. The molecule has 0 spiro atoms. The Morgan fingerprint density at radius 2 is 1.80 bits per heavy atom. The number of nitrogens with one attached hydrogen (secondary N) is 1. The van der Waals surface area contributed by atoms with Gasteiger partial charge in [-0.15, -0.1) is 0 Å². The van der Waals surface area contributed by atoms with E-state index in [2.05, 4.69) is 44.8 Å². The van der Waals surface area contributed by atoms with Crippen LogP contribution >= 0.6 is 0 Å². The highest BCUT2D eigenvalue weighted by Gasteiger charge is 2.59. The Labute approximate surface area is 125 Å². The average molecular weight is 278 g/mol. The van der Waals surface area contributed by atoms with E-state index < -0.39 is 0 Å². The van der Waals surface area contributed by atoms with Crippen molar-refractivity contribution in [3.8, 4) is 0 Å². The van der Waals surface area contributed by atoms with Crippen LogP contribution in [0.2, 0.25) is 0 Å². The van der Waals surface area contributed by atoms with Crippen molar-refractivity contribution in [1.29, 1.82) is 0 Å². The molecule has 20 heavy (non-hydrogen) atoms. The third kappa shape index (κ3) is 2.14. The Morgan fingerprint density at radius 3 is 2.40 bits per heavy atom. The summed E-state index contributed by atoms with van der Waals surface area (Å²) in [7, 11) is 0. The maximum Gasteiger partial charge on any atom is 0.0637 e. The lowest BCUT2D eigenvalue weighted by Crippen LogP contribution is -2.47. The molecule has 2 saturated heterocycles. The van der Waals surface area contributed by atoms with E-state index >= 15 is 0 Å². The Bertz CT molecular complexity index is 346. The van der Waals surface area contributed by atoms with Crippen LogP contribution in [0, 0.1) is 23.2 Å². The monoisotopic (exact) mass is 278 g/mol. The molecule has 0 amide bonds. The summed E-state index contributed by atoms with van der Waals surface area (Å²) in [6.45, 7) is 13.4. The van der Waals surface area contributed by atoms with Crippen molar-refractivity contribution >= 4 is 0 Å². The Balaban J connectivity index is 1.94. The molecular formula is C18H34N2. The summed E-state index contributed by atoms with van der Waals surface area (Å²) in [4.78, 5) is 2.80. The Hall–Kier alpha value is -0.0800. The molecule has 0 bridgehead atoms. The van der Waals surface area contributed by atoms with Gasteiger partial charge in [0, 0.05) is 12.1 Å². The van der Waals surface area contributed by atoms with E-state index in [4.69, 9.17) is 0 Å². The summed E-state index contributed by atoms with van der Waals surface area (Å²) in [6, 6.07) is 1.60. The first kappa shape index (κ1) is 14.8. The summed E-state index contributed by atoms with van der Waals surface area (Å²) >= 11 is 0. The van der Waals surface area contributed by atoms with Crippen molar-refractivity contribution < 1.29 is 0 Å². The van der Waals surface area contributed by atoms with E-state index in [-0.39, 0.29) is 0 Å². The zero-order valence-corrected chi connectivity index (χ0v) is 14.2. The lowest BCUT2D eigenvalue weighted by Gasteiger charge is -2.41. The van der Waals surface area contributed by atoms with Crippen molar-refractivity contribution in [2.24, 2.45) is 23.2 Å². The summed E-state index contributed by atoms with van der Waals surface area (Å²) < 4.78 is 0. The van der Waals surface area contributed by atoms with Gasteiger partial charge in [0.05, 0.1) is 6.17 Å². The highest BCUT2D eigenvalue weighted by atomic mass is 15.3. The van der Waals surface area contributed by atoms with Gasteiger partial charge in [-0.2, -0.15) is 0 Å². The number of fused-ring (bicyclic) bond motifs is 3. The minimum atomic E-state index is 0.432. The molecule has 2 aliphatic heterocycles. The second-order valence-electron chi connectivity index (χ2n) is 8.44. The predicted molar refractivity (Wildman–Crippen MR) is 85.6 cm³/mol. The van der Waals surface area contributed by atoms with E-state index in [0.29, 0.717) is 11.6 Å². The van der Waals surface area contributed by atoms with Crippen molar-refractivity contribution in [3.63, 3.8) is 0 Å². The topological polar surface area (TPSA) is 15.3 Å². The maximum absolute atomic E-state index is 4.05. The number of nitrogens with zero attached hydrogens (tertiary/aromatic N) is 1. The standard InChI is InChI=1S/C18H34N2/c1-6-14-16(18(3,4)5)15-12-10-8-9-11-13(12)19-17(15)20(14)7-2/h12-17,19H,6-11H2,1-5H3. The van der Waals surface area contributed by atoms with Crippen LogP contribution in [0.3, 0.4) is 0 Å². The van der Waals surface area contributed by atoms with Crippen molar-refractivity contribution in [1.82, 2.24) is 10.2 Å². The lowest BCUT2D eigenvalue weighted by atomic mass is 9.65. The first-order valence-corrected chi connectivity index (χ1v) is 9.00. The molecule has 0 aromatic heterocycles. The Kier molecular flexibility index (Phi) is 3.92. The molecule has 6 atom stereocenters. The van der Waals surface area contributed by atoms with E-state index in [9.17, 15) is 0 Å². The summed E-state index contributed by atoms with van der Waals surface area (Å²) in [5, 5.41) is 4.05. The summed E-state index contributed by atoms with van der Waals surface area (Å²) in [5.74, 6) is 2.70. The van der Waals surface area contributed by atoms with Crippen LogP contribution in [0.15, 0.2) is 0 Å². The van der Waals surface area contributed by atoms with Crippen LogP contribution in [-0.2, 0) is 0 Å². The van der Waals surface area contributed by atoms with E-state index in [1.807, 2.05) is 0 Å². The van der Waals surface area contributed by atoms with Gasteiger partial charge in [0.2, 0.25) is 0 Å². The van der Waals surface area contributed by atoms with Crippen molar-refractivity contribution in [2.45, 2.75) is 85.0 Å². The normalized spacial score (nSPS) is 45.5. The largest absolute Gasteiger partial charge is 0.298 e. The van der Waals surface area contributed by atoms with E-state index in [1.165, 1.54) is 38.6 Å². The van der Waals surface area contributed by atoms with Crippen LogP contribution < -0.4 is 5.32 Å². The molecule has 2 nitrogen and oxygen atoms in total. The molecule has 3 aliphatic rings. The summed E-state index contributed by atoms with van der Waals surface area (Å²) in [5.41, 5.74) is 0.432. The van der Waals surface area contributed by atoms with Crippen molar-refractivity contribution in [3.05, 3.63) is 0 Å². The summed E-state index contributed by atoms with van der Waals surface area (Å²) in [6.07, 6.45) is 7.77.